The summed E-state index contributed by atoms with van der Waals surface area (Å²) in [6.45, 7) is 3.85. The molecule has 23 heavy (non-hydrogen) atoms. The van der Waals surface area contributed by atoms with Crippen LogP contribution in [-0.4, -0.2) is 46.2 Å². The fraction of sp³-hybridized carbons (Fsp3) is 0.444. The molecular weight excluding hydrogens is 288 g/mol. The second-order valence-corrected chi connectivity index (χ2v) is 6.56. The van der Waals surface area contributed by atoms with Gasteiger partial charge in [0, 0.05) is 38.4 Å². The number of ether oxygens (including phenoxy) is 1. The summed E-state index contributed by atoms with van der Waals surface area (Å²) < 4.78 is 6.19. The highest BCUT2D eigenvalue weighted by molar-refractivity contribution is 5.25. The van der Waals surface area contributed by atoms with Gasteiger partial charge < -0.3 is 10.1 Å². The average molecular weight is 310 g/mol. The lowest BCUT2D eigenvalue weighted by atomic mass is 9.97. The van der Waals surface area contributed by atoms with Crippen molar-refractivity contribution in [3.8, 4) is 0 Å². The summed E-state index contributed by atoms with van der Waals surface area (Å²) in [5.74, 6) is 0.692. The molecule has 2 aliphatic heterocycles. The van der Waals surface area contributed by atoms with Gasteiger partial charge in [0.15, 0.2) is 0 Å². The minimum absolute atomic E-state index is 0.00122. The van der Waals surface area contributed by atoms with Gasteiger partial charge in [-0.1, -0.05) is 30.3 Å². The standard InChI is InChI=1S/C18H22N4O/c1-2-5-15(6-3-1)12-22-10-7-18(14-22)11-16(13-23-18)21-17-19-8-4-9-20-17/h1-6,8-9,16H,7,10-14H2,(H,19,20,21)/t16-,18+/m0/s1. The number of likely N-dealkylation sites (tertiary alicyclic amines) is 1. The minimum Gasteiger partial charge on any atom is -0.371 e. The van der Waals surface area contributed by atoms with Gasteiger partial charge in [0.05, 0.1) is 18.2 Å². The molecule has 4 rings (SSSR count). The highest BCUT2D eigenvalue weighted by Crippen LogP contribution is 2.36. The van der Waals surface area contributed by atoms with Crippen LogP contribution in [0.4, 0.5) is 5.95 Å². The van der Waals surface area contributed by atoms with Crippen LogP contribution in [-0.2, 0) is 11.3 Å². The Kier molecular flexibility index (Phi) is 3.97. The van der Waals surface area contributed by atoms with E-state index in [0.29, 0.717) is 12.0 Å². The Bertz CT molecular complexity index is 576. The number of nitrogens with one attached hydrogen (secondary N) is 1. The number of rotatable bonds is 4. The Morgan fingerprint density at radius 3 is 2.83 bits per heavy atom. The molecule has 0 saturated carbocycles. The normalized spacial score (nSPS) is 27.6. The van der Waals surface area contributed by atoms with Crippen molar-refractivity contribution in [1.82, 2.24) is 14.9 Å². The van der Waals surface area contributed by atoms with Gasteiger partial charge >= 0.3 is 0 Å². The Labute approximate surface area is 136 Å². The van der Waals surface area contributed by atoms with Crippen LogP contribution in [0.25, 0.3) is 0 Å². The van der Waals surface area contributed by atoms with Crippen LogP contribution in [0.2, 0.25) is 0 Å². The lowest BCUT2D eigenvalue weighted by molar-refractivity contribution is 0.0120. The van der Waals surface area contributed by atoms with E-state index in [1.165, 1.54) is 5.56 Å². The zero-order valence-corrected chi connectivity index (χ0v) is 13.2. The van der Waals surface area contributed by atoms with Gasteiger partial charge in [-0.25, -0.2) is 9.97 Å². The van der Waals surface area contributed by atoms with Crippen LogP contribution in [0.1, 0.15) is 18.4 Å². The molecule has 3 heterocycles. The summed E-state index contributed by atoms with van der Waals surface area (Å²) in [7, 11) is 0. The molecule has 0 radical (unpaired) electrons. The quantitative estimate of drug-likeness (QED) is 0.939. The molecule has 0 bridgehead atoms. The van der Waals surface area contributed by atoms with E-state index in [0.717, 1.165) is 39.1 Å². The predicted molar refractivity (Wildman–Crippen MR) is 89.1 cm³/mol. The van der Waals surface area contributed by atoms with E-state index in [2.05, 4.69) is 50.5 Å². The molecule has 2 aliphatic rings. The number of hydrogen-bond acceptors (Lipinski definition) is 5. The van der Waals surface area contributed by atoms with Gasteiger partial charge in [-0.3, -0.25) is 4.90 Å². The smallest absolute Gasteiger partial charge is 0.222 e. The van der Waals surface area contributed by atoms with Crippen LogP contribution in [0.5, 0.6) is 0 Å². The molecule has 1 aromatic heterocycles. The fourth-order valence-corrected chi connectivity index (χ4v) is 3.68. The largest absolute Gasteiger partial charge is 0.371 e. The van der Waals surface area contributed by atoms with E-state index < -0.39 is 0 Å². The van der Waals surface area contributed by atoms with Crippen molar-refractivity contribution in [2.75, 3.05) is 25.0 Å². The molecule has 0 amide bonds. The maximum absolute atomic E-state index is 6.19. The van der Waals surface area contributed by atoms with Crippen LogP contribution >= 0.6 is 0 Å². The number of benzene rings is 1. The number of hydrogen-bond donors (Lipinski definition) is 1. The molecule has 1 aromatic carbocycles. The molecule has 5 heteroatoms. The van der Waals surface area contributed by atoms with Gasteiger partial charge in [0.2, 0.25) is 5.95 Å². The van der Waals surface area contributed by atoms with E-state index >= 15 is 0 Å². The fourth-order valence-electron chi connectivity index (χ4n) is 3.68. The summed E-state index contributed by atoms with van der Waals surface area (Å²) in [6.07, 6.45) is 5.65. The topological polar surface area (TPSA) is 50.3 Å². The molecule has 5 nitrogen and oxygen atoms in total. The lowest BCUT2D eigenvalue weighted by Crippen LogP contribution is -2.33. The molecule has 0 unspecified atom stereocenters. The third-order valence-corrected chi connectivity index (χ3v) is 4.75. The van der Waals surface area contributed by atoms with Crippen molar-refractivity contribution in [2.24, 2.45) is 0 Å². The van der Waals surface area contributed by atoms with E-state index in [1.807, 2.05) is 6.07 Å². The summed E-state index contributed by atoms with van der Waals surface area (Å²) in [6, 6.07) is 12.8. The molecule has 1 N–H and O–H groups in total. The van der Waals surface area contributed by atoms with E-state index in [9.17, 15) is 0 Å². The van der Waals surface area contributed by atoms with E-state index in [1.54, 1.807) is 12.4 Å². The molecule has 2 atom stereocenters. The zero-order chi connectivity index (χ0) is 15.5. The van der Waals surface area contributed by atoms with Crippen LogP contribution in [0.15, 0.2) is 48.8 Å². The summed E-state index contributed by atoms with van der Waals surface area (Å²) in [5.41, 5.74) is 1.37. The first kappa shape index (κ1) is 14.6. The van der Waals surface area contributed by atoms with Crippen molar-refractivity contribution in [3.05, 3.63) is 54.4 Å². The molecule has 120 valence electrons. The number of anilines is 1. The predicted octanol–water partition coefficient (Wildman–Crippen LogP) is 2.32. The lowest BCUT2D eigenvalue weighted by Gasteiger charge is -2.23. The summed E-state index contributed by atoms with van der Waals surface area (Å²) >= 11 is 0. The first-order valence-electron chi connectivity index (χ1n) is 8.25. The van der Waals surface area contributed by atoms with E-state index in [-0.39, 0.29) is 5.60 Å². The zero-order valence-electron chi connectivity index (χ0n) is 13.2. The van der Waals surface area contributed by atoms with Gasteiger partial charge in [0.1, 0.15) is 0 Å². The Hall–Kier alpha value is -1.98. The Morgan fingerprint density at radius 2 is 2.00 bits per heavy atom. The Morgan fingerprint density at radius 1 is 1.17 bits per heavy atom. The SMILES string of the molecule is c1ccc(CN2CC[C@@]3(C[C@H](Nc4ncccn4)CO3)C2)cc1. The van der Waals surface area contributed by atoms with Gasteiger partial charge in [-0.2, -0.15) is 0 Å². The van der Waals surface area contributed by atoms with Crippen molar-refractivity contribution < 1.29 is 4.74 Å². The van der Waals surface area contributed by atoms with Crippen LogP contribution in [0.3, 0.4) is 0 Å². The van der Waals surface area contributed by atoms with Crippen molar-refractivity contribution in [3.63, 3.8) is 0 Å². The summed E-state index contributed by atoms with van der Waals surface area (Å²) in [4.78, 5) is 11.0. The van der Waals surface area contributed by atoms with Crippen LogP contribution in [0, 0.1) is 0 Å². The van der Waals surface area contributed by atoms with Gasteiger partial charge in [0.25, 0.3) is 0 Å². The maximum Gasteiger partial charge on any atom is 0.222 e. The van der Waals surface area contributed by atoms with E-state index in [4.69, 9.17) is 4.74 Å². The van der Waals surface area contributed by atoms with Crippen molar-refractivity contribution in [1.29, 1.82) is 0 Å². The summed E-state index contributed by atoms with van der Waals surface area (Å²) in [5, 5.41) is 3.39. The molecule has 2 fully saturated rings. The average Bonchev–Trinajstić information content (AvgIpc) is 3.16. The monoisotopic (exact) mass is 310 g/mol. The second kappa shape index (κ2) is 6.26. The molecule has 1 spiro atoms. The first-order chi connectivity index (χ1) is 11.3. The molecular formula is C18H22N4O. The maximum atomic E-state index is 6.19. The third-order valence-electron chi connectivity index (χ3n) is 4.75. The molecule has 2 aromatic rings. The highest BCUT2D eigenvalue weighted by atomic mass is 16.5. The van der Waals surface area contributed by atoms with Crippen molar-refractivity contribution in [2.45, 2.75) is 31.0 Å². The third kappa shape index (κ3) is 3.35. The highest BCUT2D eigenvalue weighted by Gasteiger charge is 2.45. The van der Waals surface area contributed by atoms with Gasteiger partial charge in [-0.05, 0) is 18.1 Å². The minimum atomic E-state index is 0.00122. The second-order valence-electron chi connectivity index (χ2n) is 6.56. The van der Waals surface area contributed by atoms with Crippen molar-refractivity contribution >= 4 is 5.95 Å². The molecule has 2 saturated heterocycles. The molecule has 0 aliphatic carbocycles. The van der Waals surface area contributed by atoms with Crippen LogP contribution < -0.4 is 5.32 Å². The van der Waals surface area contributed by atoms with Gasteiger partial charge in [-0.15, -0.1) is 0 Å². The number of nitrogens with zero attached hydrogens (tertiary/aromatic N) is 3. The first-order valence-corrected chi connectivity index (χ1v) is 8.25. The number of aromatic nitrogens is 2. The Balaban J connectivity index is 1.34.